The van der Waals surface area contributed by atoms with Crippen LogP contribution in [0.3, 0.4) is 0 Å². The van der Waals surface area contributed by atoms with Gasteiger partial charge in [-0.25, -0.2) is 4.79 Å². The van der Waals surface area contributed by atoms with Crippen LogP contribution in [-0.4, -0.2) is 26.0 Å². The zero-order chi connectivity index (χ0) is 10.3. The second-order valence-electron chi connectivity index (χ2n) is 2.59. The van der Waals surface area contributed by atoms with Crippen LogP contribution in [0.15, 0.2) is 11.6 Å². The van der Waals surface area contributed by atoms with E-state index in [-0.39, 0.29) is 11.9 Å². The van der Waals surface area contributed by atoms with Crippen LogP contribution in [0.5, 0.6) is 0 Å². The van der Waals surface area contributed by atoms with Crippen molar-refractivity contribution in [3.05, 3.63) is 11.6 Å². The predicted molar refractivity (Wildman–Crippen MR) is 49.1 cm³/mol. The first-order chi connectivity index (χ1) is 6.11. The molecule has 0 unspecified atom stereocenters. The van der Waals surface area contributed by atoms with Gasteiger partial charge in [0.15, 0.2) is 0 Å². The van der Waals surface area contributed by atoms with E-state index < -0.39 is 0 Å². The van der Waals surface area contributed by atoms with E-state index in [1.165, 1.54) is 7.11 Å². The van der Waals surface area contributed by atoms with E-state index in [9.17, 15) is 9.59 Å². The normalized spacial score (nSPS) is 10.8. The summed E-state index contributed by atoms with van der Waals surface area (Å²) in [7, 11) is 2.91. The molecule has 0 saturated carbocycles. The number of carbonyl (C=O) groups excluding carboxylic acids is 2. The molecule has 0 bridgehead atoms. The van der Waals surface area contributed by atoms with Crippen LogP contribution in [0.1, 0.15) is 19.8 Å². The van der Waals surface area contributed by atoms with Crippen molar-refractivity contribution in [1.82, 2.24) is 5.32 Å². The van der Waals surface area contributed by atoms with E-state index in [4.69, 9.17) is 0 Å². The van der Waals surface area contributed by atoms with E-state index in [2.05, 4.69) is 10.1 Å². The summed E-state index contributed by atoms with van der Waals surface area (Å²) in [5.74, 6) is -0.383. The summed E-state index contributed by atoms with van der Waals surface area (Å²) in [6, 6.07) is 0. The maximum Gasteiger partial charge on any atom is 0.333 e. The lowest BCUT2D eigenvalue weighted by Crippen LogP contribution is -2.16. The molecule has 0 rings (SSSR count). The largest absolute Gasteiger partial charge is 0.466 e. The van der Waals surface area contributed by atoms with Gasteiger partial charge in [-0.2, -0.15) is 0 Å². The highest BCUT2D eigenvalue weighted by Gasteiger charge is 2.02. The zero-order valence-corrected chi connectivity index (χ0v) is 8.22. The molecule has 1 amide bonds. The van der Waals surface area contributed by atoms with Crippen LogP contribution in [0.2, 0.25) is 0 Å². The van der Waals surface area contributed by atoms with E-state index in [0.717, 1.165) is 0 Å². The highest BCUT2D eigenvalue weighted by molar-refractivity contribution is 5.87. The fraction of sp³-hybridized carbons (Fsp3) is 0.556. The minimum atomic E-state index is -0.350. The van der Waals surface area contributed by atoms with E-state index in [0.29, 0.717) is 18.4 Å². The minimum absolute atomic E-state index is 0.0334. The molecule has 0 aromatic carbocycles. The molecule has 0 spiro atoms. The molecule has 0 aliphatic carbocycles. The van der Waals surface area contributed by atoms with Crippen molar-refractivity contribution in [2.45, 2.75) is 19.8 Å². The van der Waals surface area contributed by atoms with Crippen LogP contribution in [0.4, 0.5) is 0 Å². The standard InChI is InChI=1S/C9H15NO3/c1-7(9(12)13-3)5-4-6-8(11)10-2/h5H,4,6H2,1-3H3,(H,10,11)/b7-5-. The van der Waals surface area contributed by atoms with Crippen molar-refractivity contribution in [2.75, 3.05) is 14.2 Å². The van der Waals surface area contributed by atoms with Gasteiger partial charge in [0.25, 0.3) is 0 Å². The molecule has 4 nitrogen and oxygen atoms in total. The molecule has 0 heterocycles. The smallest absolute Gasteiger partial charge is 0.333 e. The summed E-state index contributed by atoms with van der Waals surface area (Å²) in [5, 5.41) is 2.50. The van der Waals surface area contributed by atoms with Crippen LogP contribution < -0.4 is 5.32 Å². The number of allylic oxidation sites excluding steroid dienone is 1. The molecule has 0 radical (unpaired) electrons. The molecule has 74 valence electrons. The molecule has 4 heteroatoms. The van der Waals surface area contributed by atoms with Crippen molar-refractivity contribution in [3.8, 4) is 0 Å². The molecule has 0 saturated heterocycles. The Morgan fingerprint density at radius 1 is 1.46 bits per heavy atom. The Kier molecular flexibility index (Phi) is 5.59. The number of amides is 1. The minimum Gasteiger partial charge on any atom is -0.466 e. The van der Waals surface area contributed by atoms with Gasteiger partial charge < -0.3 is 10.1 Å². The average molecular weight is 185 g/mol. The molecular formula is C9H15NO3. The second kappa shape index (κ2) is 6.22. The fourth-order valence-corrected chi connectivity index (χ4v) is 0.789. The number of ether oxygens (including phenoxy) is 1. The molecule has 13 heavy (non-hydrogen) atoms. The lowest BCUT2D eigenvalue weighted by atomic mass is 10.2. The summed E-state index contributed by atoms with van der Waals surface area (Å²) < 4.78 is 4.49. The highest BCUT2D eigenvalue weighted by Crippen LogP contribution is 2.00. The number of methoxy groups -OCH3 is 1. The van der Waals surface area contributed by atoms with Crippen LogP contribution in [0.25, 0.3) is 0 Å². The first kappa shape index (κ1) is 11.7. The highest BCUT2D eigenvalue weighted by atomic mass is 16.5. The summed E-state index contributed by atoms with van der Waals surface area (Å²) in [6.07, 6.45) is 2.65. The lowest BCUT2D eigenvalue weighted by Gasteiger charge is -1.98. The summed E-state index contributed by atoms with van der Waals surface area (Å²) in [5.41, 5.74) is 0.534. The summed E-state index contributed by atoms with van der Waals surface area (Å²) >= 11 is 0. The third-order valence-corrected chi connectivity index (χ3v) is 1.61. The van der Waals surface area contributed by atoms with Gasteiger partial charge in [-0.1, -0.05) is 6.08 Å². The Bertz CT molecular complexity index is 221. The Labute approximate surface area is 78.0 Å². The Hall–Kier alpha value is -1.32. The number of hydrogen-bond acceptors (Lipinski definition) is 3. The van der Waals surface area contributed by atoms with E-state index in [1.54, 1.807) is 20.0 Å². The van der Waals surface area contributed by atoms with Crippen molar-refractivity contribution in [1.29, 1.82) is 0 Å². The molecular weight excluding hydrogens is 170 g/mol. The average Bonchev–Trinajstić information content (AvgIpc) is 2.15. The molecule has 0 fully saturated rings. The number of rotatable bonds is 4. The van der Waals surface area contributed by atoms with Crippen LogP contribution in [-0.2, 0) is 14.3 Å². The Morgan fingerprint density at radius 2 is 2.08 bits per heavy atom. The monoisotopic (exact) mass is 185 g/mol. The Morgan fingerprint density at radius 3 is 2.54 bits per heavy atom. The number of hydrogen-bond donors (Lipinski definition) is 1. The fourth-order valence-electron chi connectivity index (χ4n) is 0.789. The summed E-state index contributed by atoms with van der Waals surface area (Å²) in [4.78, 5) is 21.6. The molecule has 0 aromatic rings. The number of esters is 1. The van der Waals surface area contributed by atoms with Gasteiger partial charge in [-0.05, 0) is 13.3 Å². The van der Waals surface area contributed by atoms with Gasteiger partial charge in [0, 0.05) is 19.0 Å². The van der Waals surface area contributed by atoms with Crippen molar-refractivity contribution in [2.24, 2.45) is 0 Å². The molecule has 0 aliphatic heterocycles. The maximum absolute atomic E-state index is 10.9. The van der Waals surface area contributed by atoms with Gasteiger partial charge in [0.1, 0.15) is 0 Å². The van der Waals surface area contributed by atoms with Gasteiger partial charge in [-0.3, -0.25) is 4.79 Å². The van der Waals surface area contributed by atoms with Gasteiger partial charge >= 0.3 is 5.97 Å². The molecule has 0 atom stereocenters. The van der Waals surface area contributed by atoms with Crippen molar-refractivity contribution in [3.63, 3.8) is 0 Å². The molecule has 0 aromatic heterocycles. The van der Waals surface area contributed by atoms with Gasteiger partial charge in [0.2, 0.25) is 5.91 Å². The lowest BCUT2D eigenvalue weighted by molar-refractivity contribution is -0.136. The molecule has 1 N–H and O–H groups in total. The first-order valence-electron chi connectivity index (χ1n) is 4.07. The van der Waals surface area contributed by atoms with Crippen molar-refractivity contribution >= 4 is 11.9 Å². The quantitative estimate of drug-likeness (QED) is 0.516. The maximum atomic E-state index is 10.9. The number of nitrogens with one attached hydrogen (secondary N) is 1. The zero-order valence-electron chi connectivity index (χ0n) is 8.22. The third-order valence-electron chi connectivity index (χ3n) is 1.61. The topological polar surface area (TPSA) is 55.4 Å². The van der Waals surface area contributed by atoms with Crippen LogP contribution in [0, 0.1) is 0 Å². The van der Waals surface area contributed by atoms with Gasteiger partial charge in [0.05, 0.1) is 7.11 Å². The molecule has 0 aliphatic rings. The van der Waals surface area contributed by atoms with Crippen molar-refractivity contribution < 1.29 is 14.3 Å². The summed E-state index contributed by atoms with van der Waals surface area (Å²) in [6.45, 7) is 1.66. The third kappa shape index (κ3) is 5.00. The van der Waals surface area contributed by atoms with Crippen LogP contribution >= 0.6 is 0 Å². The number of carbonyl (C=O) groups is 2. The Balaban J connectivity index is 3.84. The predicted octanol–water partition coefficient (Wildman–Crippen LogP) is 0.632. The SMILES string of the molecule is CNC(=O)CC/C=C(/C)C(=O)OC. The van der Waals surface area contributed by atoms with E-state index >= 15 is 0 Å². The second-order valence-corrected chi connectivity index (χ2v) is 2.59. The first-order valence-corrected chi connectivity index (χ1v) is 4.07. The van der Waals surface area contributed by atoms with Gasteiger partial charge in [-0.15, -0.1) is 0 Å². The van der Waals surface area contributed by atoms with E-state index in [1.807, 2.05) is 0 Å².